The number of benzene rings is 2. The highest BCUT2D eigenvalue weighted by atomic mass is 32.2. The number of halogens is 3. The van der Waals surface area contributed by atoms with Crippen molar-refractivity contribution < 1.29 is 21.6 Å². The molecule has 3 N–H and O–H groups in total. The SMILES string of the molecule is Cc1ccccc1-n1nc(C(F)(F)F)cc1Nc1ccccc1S(N)(=O)=O. The van der Waals surface area contributed by atoms with Crippen LogP contribution in [0.3, 0.4) is 0 Å². The molecule has 0 aliphatic carbocycles. The fourth-order valence-electron chi connectivity index (χ4n) is 2.55. The van der Waals surface area contributed by atoms with Gasteiger partial charge in [0.05, 0.1) is 11.4 Å². The predicted octanol–water partition coefficient (Wildman–Crippen LogP) is 3.59. The van der Waals surface area contributed by atoms with Gasteiger partial charge in [0.15, 0.2) is 5.69 Å². The highest BCUT2D eigenvalue weighted by Gasteiger charge is 2.35. The molecule has 1 aromatic heterocycles. The maximum atomic E-state index is 13.2. The van der Waals surface area contributed by atoms with Crippen LogP contribution < -0.4 is 10.5 Å². The first-order chi connectivity index (χ1) is 12.6. The number of anilines is 2. The molecule has 0 aliphatic heterocycles. The highest BCUT2D eigenvalue weighted by Crippen LogP contribution is 2.33. The molecule has 3 rings (SSSR count). The molecule has 1 heterocycles. The van der Waals surface area contributed by atoms with E-state index in [1.807, 2.05) is 0 Å². The highest BCUT2D eigenvalue weighted by molar-refractivity contribution is 7.89. The minimum atomic E-state index is -4.66. The van der Waals surface area contributed by atoms with Crippen molar-refractivity contribution in [2.45, 2.75) is 18.0 Å². The van der Waals surface area contributed by atoms with E-state index in [1.165, 1.54) is 24.3 Å². The molecule has 0 unspecified atom stereocenters. The van der Waals surface area contributed by atoms with Gasteiger partial charge in [-0.15, -0.1) is 0 Å². The summed E-state index contributed by atoms with van der Waals surface area (Å²) in [5, 5.41) is 11.5. The monoisotopic (exact) mass is 396 g/mol. The number of sulfonamides is 1. The number of nitrogens with two attached hydrogens (primary N) is 1. The quantitative estimate of drug-likeness (QED) is 0.705. The lowest BCUT2D eigenvalue weighted by Crippen LogP contribution is -2.14. The number of rotatable bonds is 4. The molecule has 10 heteroatoms. The van der Waals surface area contributed by atoms with Gasteiger partial charge in [0.1, 0.15) is 10.7 Å². The van der Waals surface area contributed by atoms with Crippen LogP contribution in [0.2, 0.25) is 0 Å². The van der Waals surface area contributed by atoms with Gasteiger partial charge in [-0.2, -0.15) is 18.3 Å². The van der Waals surface area contributed by atoms with E-state index >= 15 is 0 Å². The van der Waals surface area contributed by atoms with Crippen LogP contribution in [0.1, 0.15) is 11.3 Å². The molecule has 3 aromatic rings. The van der Waals surface area contributed by atoms with Gasteiger partial charge in [0.2, 0.25) is 10.0 Å². The van der Waals surface area contributed by atoms with E-state index in [1.54, 1.807) is 31.2 Å². The van der Waals surface area contributed by atoms with Crippen molar-refractivity contribution in [1.82, 2.24) is 9.78 Å². The van der Waals surface area contributed by atoms with Crippen molar-refractivity contribution >= 4 is 21.5 Å². The van der Waals surface area contributed by atoms with Crippen molar-refractivity contribution in [2.75, 3.05) is 5.32 Å². The van der Waals surface area contributed by atoms with Crippen LogP contribution in [0, 0.1) is 6.92 Å². The van der Waals surface area contributed by atoms with Gasteiger partial charge >= 0.3 is 6.18 Å². The summed E-state index contributed by atoms with van der Waals surface area (Å²) >= 11 is 0. The fraction of sp³-hybridized carbons (Fsp3) is 0.118. The smallest absolute Gasteiger partial charge is 0.339 e. The Morgan fingerprint density at radius 1 is 1.07 bits per heavy atom. The van der Waals surface area contributed by atoms with Crippen LogP contribution in [0.25, 0.3) is 5.69 Å². The number of primary sulfonamides is 1. The molecule has 0 saturated heterocycles. The summed E-state index contributed by atoms with van der Waals surface area (Å²) in [6, 6.07) is 13.2. The number of hydrogen-bond acceptors (Lipinski definition) is 4. The third-order valence-electron chi connectivity index (χ3n) is 3.80. The summed E-state index contributed by atoms with van der Waals surface area (Å²) in [5.74, 6) is -0.0484. The topological polar surface area (TPSA) is 90.0 Å². The normalized spacial score (nSPS) is 12.2. The van der Waals surface area contributed by atoms with E-state index in [0.717, 1.165) is 10.7 Å². The number of alkyl halides is 3. The number of hydrogen-bond donors (Lipinski definition) is 2. The third kappa shape index (κ3) is 3.96. The number of aryl methyl sites for hydroxylation is 1. The third-order valence-corrected chi connectivity index (χ3v) is 4.77. The second-order valence-corrected chi connectivity index (χ2v) is 7.31. The van der Waals surface area contributed by atoms with E-state index in [4.69, 9.17) is 5.14 Å². The molecule has 0 spiro atoms. The zero-order valence-electron chi connectivity index (χ0n) is 14.0. The van der Waals surface area contributed by atoms with Crippen LogP contribution in [-0.2, 0) is 16.2 Å². The molecule has 0 amide bonds. The van der Waals surface area contributed by atoms with Crippen LogP contribution in [-0.4, -0.2) is 18.2 Å². The average molecular weight is 396 g/mol. The zero-order valence-corrected chi connectivity index (χ0v) is 14.8. The van der Waals surface area contributed by atoms with E-state index in [2.05, 4.69) is 10.4 Å². The molecule has 0 saturated carbocycles. The summed E-state index contributed by atoms with van der Waals surface area (Å²) in [7, 11) is -4.08. The lowest BCUT2D eigenvalue weighted by molar-refractivity contribution is -0.141. The van der Waals surface area contributed by atoms with Crippen molar-refractivity contribution in [2.24, 2.45) is 5.14 Å². The Labute approximate surface area is 153 Å². The first-order valence-corrected chi connectivity index (χ1v) is 9.24. The van der Waals surface area contributed by atoms with Crippen molar-refractivity contribution in [1.29, 1.82) is 0 Å². The maximum absolute atomic E-state index is 13.2. The molecular formula is C17H15F3N4O2S. The molecule has 0 bridgehead atoms. The van der Waals surface area contributed by atoms with Crippen LogP contribution in [0.4, 0.5) is 24.7 Å². The van der Waals surface area contributed by atoms with Gasteiger partial charge in [-0.3, -0.25) is 0 Å². The Balaban J connectivity index is 2.17. The molecule has 0 radical (unpaired) electrons. The molecule has 0 aliphatic rings. The lowest BCUT2D eigenvalue weighted by atomic mass is 10.2. The number of nitrogens with zero attached hydrogens (tertiary/aromatic N) is 2. The van der Waals surface area contributed by atoms with Crippen molar-refractivity contribution in [3.63, 3.8) is 0 Å². The van der Waals surface area contributed by atoms with E-state index < -0.39 is 21.9 Å². The summed E-state index contributed by atoms with van der Waals surface area (Å²) < 4.78 is 64.1. The second kappa shape index (κ2) is 6.71. The largest absolute Gasteiger partial charge is 0.435 e. The summed E-state index contributed by atoms with van der Waals surface area (Å²) in [5.41, 5.74) is 0.0468. The van der Waals surface area contributed by atoms with Crippen LogP contribution in [0.15, 0.2) is 59.5 Å². The lowest BCUT2D eigenvalue weighted by Gasteiger charge is -2.13. The van der Waals surface area contributed by atoms with Gasteiger partial charge in [0, 0.05) is 6.07 Å². The maximum Gasteiger partial charge on any atom is 0.435 e. The Bertz CT molecular complexity index is 1090. The van der Waals surface area contributed by atoms with E-state index in [9.17, 15) is 21.6 Å². The molecular weight excluding hydrogens is 381 g/mol. The molecule has 2 aromatic carbocycles. The minimum absolute atomic E-state index is 0.0449. The first kappa shape index (κ1) is 18.9. The van der Waals surface area contributed by atoms with Crippen LogP contribution >= 0.6 is 0 Å². The first-order valence-electron chi connectivity index (χ1n) is 7.69. The van der Waals surface area contributed by atoms with Gasteiger partial charge in [0.25, 0.3) is 0 Å². The average Bonchev–Trinajstić information content (AvgIpc) is 2.99. The Kier molecular flexibility index (Phi) is 4.70. The minimum Gasteiger partial charge on any atom is -0.339 e. The number of aromatic nitrogens is 2. The van der Waals surface area contributed by atoms with E-state index in [0.29, 0.717) is 11.3 Å². The van der Waals surface area contributed by atoms with Crippen molar-refractivity contribution in [3.8, 4) is 5.69 Å². The molecule has 27 heavy (non-hydrogen) atoms. The summed E-state index contributed by atoms with van der Waals surface area (Å²) in [6.07, 6.45) is -4.66. The molecule has 0 atom stereocenters. The number of nitrogens with one attached hydrogen (secondary N) is 1. The Morgan fingerprint density at radius 2 is 1.70 bits per heavy atom. The van der Waals surface area contributed by atoms with Crippen LogP contribution in [0.5, 0.6) is 0 Å². The standard InChI is InChI=1S/C17H15F3N4O2S/c1-11-6-2-4-8-13(11)24-16(10-15(23-24)17(18,19)20)22-12-7-3-5-9-14(12)27(21,25)26/h2-10,22H,1H3,(H2,21,25,26). The zero-order chi connectivity index (χ0) is 19.8. The number of para-hydroxylation sites is 2. The van der Waals surface area contributed by atoms with Crippen molar-refractivity contribution in [3.05, 3.63) is 65.9 Å². The molecule has 142 valence electrons. The molecule has 0 fully saturated rings. The van der Waals surface area contributed by atoms with E-state index in [-0.39, 0.29) is 16.4 Å². The predicted molar refractivity (Wildman–Crippen MR) is 94.4 cm³/mol. The Hall–Kier alpha value is -2.85. The summed E-state index contributed by atoms with van der Waals surface area (Å²) in [6.45, 7) is 1.73. The molecule has 6 nitrogen and oxygen atoms in total. The second-order valence-electron chi connectivity index (χ2n) is 5.78. The van der Waals surface area contributed by atoms with Gasteiger partial charge in [-0.1, -0.05) is 30.3 Å². The fourth-order valence-corrected chi connectivity index (χ4v) is 3.24. The Morgan fingerprint density at radius 3 is 2.33 bits per heavy atom. The van der Waals surface area contributed by atoms with Gasteiger partial charge in [-0.05, 0) is 30.7 Å². The van der Waals surface area contributed by atoms with Gasteiger partial charge < -0.3 is 5.32 Å². The van der Waals surface area contributed by atoms with Gasteiger partial charge in [-0.25, -0.2) is 18.2 Å². The summed E-state index contributed by atoms with van der Waals surface area (Å²) in [4.78, 5) is -0.240.